The van der Waals surface area contributed by atoms with Crippen LogP contribution in [0.15, 0.2) is 23.3 Å². The lowest BCUT2D eigenvalue weighted by atomic mass is 9.47. The molecule has 0 radical (unpaired) electrons. The van der Waals surface area contributed by atoms with Gasteiger partial charge in [-0.3, -0.25) is 4.79 Å². The molecule has 1 aliphatic heterocycles. The predicted molar refractivity (Wildman–Crippen MR) is 102 cm³/mol. The van der Waals surface area contributed by atoms with E-state index < -0.39 is 0 Å². The molecule has 1 spiro atoms. The first-order valence-electron chi connectivity index (χ1n) is 11.2. The smallest absolute Gasteiger partial charge is 0.331 e. The number of hydrogen-bond acceptors (Lipinski definition) is 3. The topological polar surface area (TPSA) is 43.4 Å². The van der Waals surface area contributed by atoms with Crippen molar-refractivity contribution < 1.29 is 14.3 Å². The third kappa shape index (κ3) is 1.85. The minimum atomic E-state index is -0.309. The van der Waals surface area contributed by atoms with E-state index in [9.17, 15) is 9.59 Å². The van der Waals surface area contributed by atoms with E-state index in [0.29, 0.717) is 35.4 Å². The quantitative estimate of drug-likeness (QED) is 0.502. The van der Waals surface area contributed by atoms with Crippen LogP contribution in [0.25, 0.3) is 0 Å². The second kappa shape index (κ2) is 5.15. The van der Waals surface area contributed by atoms with E-state index >= 15 is 0 Å². The Labute approximate surface area is 161 Å². The van der Waals surface area contributed by atoms with Crippen LogP contribution in [-0.4, -0.2) is 17.4 Å². The van der Waals surface area contributed by atoms with Crippen molar-refractivity contribution in [3.8, 4) is 0 Å². The fourth-order valence-corrected chi connectivity index (χ4v) is 8.82. The van der Waals surface area contributed by atoms with Gasteiger partial charge in [-0.25, -0.2) is 4.79 Å². The van der Waals surface area contributed by atoms with E-state index in [1.54, 1.807) is 11.6 Å². The minimum Gasteiger partial charge on any atom is -0.451 e. The molecule has 5 aliphatic carbocycles. The fourth-order valence-electron chi connectivity index (χ4n) is 8.82. The highest BCUT2D eigenvalue weighted by molar-refractivity contribution is 5.86. The summed E-state index contributed by atoms with van der Waals surface area (Å²) >= 11 is 0. The van der Waals surface area contributed by atoms with Crippen LogP contribution in [0.5, 0.6) is 0 Å². The summed E-state index contributed by atoms with van der Waals surface area (Å²) in [4.78, 5) is 24.2. The fraction of sp³-hybridized carbons (Fsp3) is 0.750. The van der Waals surface area contributed by atoms with Crippen LogP contribution >= 0.6 is 0 Å². The highest BCUT2D eigenvalue weighted by Gasteiger charge is 2.78. The van der Waals surface area contributed by atoms with Crippen molar-refractivity contribution in [1.82, 2.24) is 0 Å². The normalized spacial score (nSPS) is 52.4. The average Bonchev–Trinajstić information content (AvgIpc) is 3.30. The van der Waals surface area contributed by atoms with Gasteiger partial charge in [-0.1, -0.05) is 25.0 Å². The Morgan fingerprint density at radius 3 is 2.85 bits per heavy atom. The standard InChI is InChI=1S/C24H30O3/c1-3-23-8-6-17-16-5-4-15(25)11-14(16)10-13(2)21(17)22(23)18-12-19(18)24(23)9-7-20(26)27-24/h7,9,13,17-19,21-22H,3-6,8,10-12H2,1-2H3/t13-,17-,18-,19+,21-,22+,23+,24+/m1/s1. The second-order valence-electron chi connectivity index (χ2n) is 10.3. The molecule has 0 aromatic carbocycles. The molecule has 1 heterocycles. The van der Waals surface area contributed by atoms with Crippen molar-refractivity contribution >= 4 is 11.8 Å². The van der Waals surface area contributed by atoms with E-state index in [1.807, 2.05) is 0 Å². The van der Waals surface area contributed by atoms with Crippen molar-refractivity contribution in [1.29, 1.82) is 0 Å². The van der Waals surface area contributed by atoms with Crippen LogP contribution in [0.3, 0.4) is 0 Å². The number of ketones is 1. The Morgan fingerprint density at radius 1 is 1.26 bits per heavy atom. The van der Waals surface area contributed by atoms with Crippen LogP contribution in [0.1, 0.15) is 65.2 Å². The molecule has 6 rings (SSSR count). The molecule has 3 heteroatoms. The zero-order chi connectivity index (χ0) is 18.6. The van der Waals surface area contributed by atoms with Crippen molar-refractivity contribution in [2.75, 3.05) is 0 Å². The Morgan fingerprint density at radius 2 is 2.11 bits per heavy atom. The van der Waals surface area contributed by atoms with Crippen molar-refractivity contribution in [3.05, 3.63) is 23.3 Å². The van der Waals surface area contributed by atoms with Crippen LogP contribution in [0.4, 0.5) is 0 Å². The van der Waals surface area contributed by atoms with Gasteiger partial charge in [-0.2, -0.15) is 0 Å². The first-order chi connectivity index (χ1) is 13.0. The zero-order valence-corrected chi connectivity index (χ0v) is 16.5. The maximum absolute atomic E-state index is 12.1. The SMILES string of the molecule is CC[C@]12CC[C@@H]3C4=C(CC(=O)CC4)C[C@@H](C)[C@H]3[C@@H]1[C@@H]1C[C@@H]1[C@@]21C=CC(=O)O1. The largest absolute Gasteiger partial charge is 0.451 e. The first-order valence-corrected chi connectivity index (χ1v) is 11.2. The van der Waals surface area contributed by atoms with Gasteiger partial charge in [-0.05, 0) is 74.2 Å². The van der Waals surface area contributed by atoms with Crippen molar-refractivity contribution in [2.45, 2.75) is 70.8 Å². The van der Waals surface area contributed by atoms with Crippen molar-refractivity contribution in [3.63, 3.8) is 0 Å². The summed E-state index contributed by atoms with van der Waals surface area (Å²) in [5, 5.41) is 0. The summed E-state index contributed by atoms with van der Waals surface area (Å²) in [6.45, 7) is 4.77. The van der Waals surface area contributed by atoms with Gasteiger partial charge in [0.05, 0.1) is 0 Å². The maximum atomic E-state index is 12.1. The van der Waals surface area contributed by atoms with Crippen LogP contribution in [-0.2, 0) is 14.3 Å². The molecule has 27 heavy (non-hydrogen) atoms. The number of hydrogen-bond donors (Lipinski definition) is 0. The van der Waals surface area contributed by atoms with E-state index in [2.05, 4.69) is 19.9 Å². The summed E-state index contributed by atoms with van der Waals surface area (Å²) in [5.41, 5.74) is 2.99. The van der Waals surface area contributed by atoms with Gasteiger partial charge in [0.25, 0.3) is 0 Å². The van der Waals surface area contributed by atoms with Crippen LogP contribution in [0.2, 0.25) is 0 Å². The lowest BCUT2D eigenvalue weighted by Gasteiger charge is -2.58. The number of esters is 1. The number of Topliss-reactive ketones (excluding diaryl/α,β-unsaturated/α-hetero) is 1. The number of rotatable bonds is 1. The van der Waals surface area contributed by atoms with E-state index in [4.69, 9.17) is 4.74 Å². The Bertz CT molecular complexity index is 806. The van der Waals surface area contributed by atoms with Gasteiger partial charge in [0.1, 0.15) is 11.4 Å². The lowest BCUT2D eigenvalue weighted by Crippen LogP contribution is -2.56. The van der Waals surface area contributed by atoms with Gasteiger partial charge >= 0.3 is 5.97 Å². The maximum Gasteiger partial charge on any atom is 0.331 e. The summed E-state index contributed by atoms with van der Waals surface area (Å²) in [5.74, 6) is 4.35. The molecule has 3 nitrogen and oxygen atoms in total. The highest BCUT2D eigenvalue weighted by Crippen LogP contribution is 2.78. The molecule has 3 fully saturated rings. The number of fused-ring (bicyclic) bond motifs is 8. The second-order valence-corrected chi connectivity index (χ2v) is 10.3. The Balaban J connectivity index is 1.44. The van der Waals surface area contributed by atoms with Gasteiger partial charge in [0.2, 0.25) is 0 Å². The van der Waals surface area contributed by atoms with Crippen LogP contribution in [0, 0.1) is 40.9 Å². The zero-order valence-electron chi connectivity index (χ0n) is 16.5. The number of carbonyl (C=O) groups excluding carboxylic acids is 2. The summed E-state index contributed by atoms with van der Waals surface area (Å²) in [6.07, 6.45) is 12.3. The Kier molecular flexibility index (Phi) is 3.16. The predicted octanol–water partition coefficient (Wildman–Crippen LogP) is 4.62. The molecule has 6 aliphatic rings. The molecule has 0 saturated heterocycles. The highest BCUT2D eigenvalue weighted by atomic mass is 16.6. The first kappa shape index (κ1) is 16.6. The molecule has 0 amide bonds. The van der Waals surface area contributed by atoms with Gasteiger partial charge in [0.15, 0.2) is 0 Å². The minimum absolute atomic E-state index is 0.122. The molecule has 144 valence electrons. The van der Waals surface area contributed by atoms with E-state index in [-0.39, 0.29) is 17.0 Å². The number of ether oxygens (including phenoxy) is 1. The van der Waals surface area contributed by atoms with E-state index in [0.717, 1.165) is 38.0 Å². The van der Waals surface area contributed by atoms with Gasteiger partial charge < -0.3 is 4.74 Å². The van der Waals surface area contributed by atoms with Gasteiger partial charge in [-0.15, -0.1) is 0 Å². The van der Waals surface area contributed by atoms with Crippen LogP contribution < -0.4 is 0 Å². The summed E-state index contributed by atoms with van der Waals surface area (Å²) < 4.78 is 6.16. The molecular weight excluding hydrogens is 336 g/mol. The number of allylic oxidation sites excluding steroid dienone is 2. The van der Waals surface area contributed by atoms with Crippen molar-refractivity contribution in [2.24, 2.45) is 40.9 Å². The molecule has 0 N–H and O–H groups in total. The summed E-state index contributed by atoms with van der Waals surface area (Å²) in [7, 11) is 0. The molecule has 3 saturated carbocycles. The monoisotopic (exact) mass is 366 g/mol. The average molecular weight is 367 g/mol. The molecule has 0 bridgehead atoms. The van der Waals surface area contributed by atoms with Gasteiger partial charge in [0, 0.05) is 30.3 Å². The molecule has 0 aromatic heterocycles. The summed E-state index contributed by atoms with van der Waals surface area (Å²) in [6, 6.07) is 0. The lowest BCUT2D eigenvalue weighted by molar-refractivity contribution is -0.171. The third-order valence-electron chi connectivity index (χ3n) is 9.63. The molecule has 0 aromatic rings. The van der Waals surface area contributed by atoms with E-state index in [1.165, 1.54) is 24.8 Å². The number of carbonyl (C=O) groups is 2. The Hall–Kier alpha value is -1.38. The third-order valence-corrected chi connectivity index (χ3v) is 9.63. The molecule has 0 unspecified atom stereocenters. The molecular formula is C24H30O3. The molecule has 8 atom stereocenters.